The summed E-state index contributed by atoms with van der Waals surface area (Å²) in [6.07, 6.45) is 3.36. The molecule has 1 radical (unpaired) electrons. The van der Waals surface area contributed by atoms with Crippen LogP contribution in [-0.4, -0.2) is 21.1 Å². The molecule has 0 atom stereocenters. The molecule has 2 rings (SSSR count). The van der Waals surface area contributed by atoms with Gasteiger partial charge in [-0.05, 0) is 50.3 Å². The van der Waals surface area contributed by atoms with Gasteiger partial charge < -0.3 is 17.2 Å². The smallest absolute Gasteiger partial charge is 0.00894 e. The minimum atomic E-state index is 1.09. The quantitative estimate of drug-likeness (QED) is 0.778. The van der Waals surface area contributed by atoms with E-state index in [2.05, 4.69) is 73.0 Å². The molecule has 0 heterocycles. The minimum Gasteiger partial charge on any atom is -0.333 e. The van der Waals surface area contributed by atoms with Crippen LogP contribution in [0.5, 0.6) is 0 Å². The molecule has 0 saturated carbocycles. The lowest BCUT2D eigenvalue weighted by molar-refractivity contribution is 1.13. The summed E-state index contributed by atoms with van der Waals surface area (Å²) in [7, 11) is 4.50. The number of hydrogen-bond acceptors (Lipinski definition) is 3. The Kier molecular flexibility index (Phi) is 15.3. The highest BCUT2D eigenvalue weighted by atomic mass is 14.4. The third kappa shape index (κ3) is 6.91. The summed E-state index contributed by atoms with van der Waals surface area (Å²) in [6, 6.07) is 14.9. The second kappa shape index (κ2) is 14.6. The van der Waals surface area contributed by atoms with Gasteiger partial charge in [0, 0.05) is 0 Å². The van der Waals surface area contributed by atoms with Crippen molar-refractivity contribution in [3.63, 3.8) is 0 Å². The molecular weight excluding hydrogens is 234 g/mol. The van der Waals surface area contributed by atoms with E-state index in [1.165, 1.54) is 37.5 Å². The Morgan fingerprint density at radius 1 is 0.789 bits per heavy atom. The lowest BCUT2D eigenvalue weighted by atomic mass is 10.0. The van der Waals surface area contributed by atoms with Crippen molar-refractivity contribution in [1.29, 1.82) is 0 Å². The highest BCUT2D eigenvalue weighted by Gasteiger charge is 1.97. The highest BCUT2D eigenvalue weighted by Crippen LogP contribution is 2.20. The summed E-state index contributed by atoms with van der Waals surface area (Å²) in [5, 5.41) is 2.68. The molecule has 0 aromatic heterocycles. The van der Waals surface area contributed by atoms with E-state index in [9.17, 15) is 0 Å². The average molecular weight is 262 g/mol. The first kappa shape index (κ1) is 19.9. The Hall–Kier alpha value is -1.42. The topological polar surface area (TPSA) is 78.1 Å². The summed E-state index contributed by atoms with van der Waals surface area (Å²) in [6.45, 7) is 2.17. The molecule has 0 aliphatic carbocycles. The third-order valence-corrected chi connectivity index (χ3v) is 2.25. The zero-order valence-electron chi connectivity index (χ0n) is 12.6. The summed E-state index contributed by atoms with van der Waals surface area (Å²) in [5.74, 6) is 0. The predicted molar refractivity (Wildman–Crippen MR) is 88.0 cm³/mol. The van der Waals surface area contributed by atoms with Gasteiger partial charge in [-0.1, -0.05) is 49.4 Å². The second-order valence-electron chi connectivity index (χ2n) is 3.18. The maximum Gasteiger partial charge on any atom is -0.00894 e. The summed E-state index contributed by atoms with van der Waals surface area (Å²) in [5.41, 5.74) is 14.8. The van der Waals surface area contributed by atoms with Crippen LogP contribution in [0.2, 0.25) is 0 Å². The van der Waals surface area contributed by atoms with Crippen LogP contribution in [0.3, 0.4) is 0 Å². The first-order valence-corrected chi connectivity index (χ1v) is 6.46. The molecule has 19 heavy (non-hydrogen) atoms. The summed E-state index contributed by atoms with van der Waals surface area (Å²) in [4.78, 5) is 0. The Balaban J connectivity index is 0. The van der Waals surface area contributed by atoms with E-state index in [1.807, 2.05) is 0 Å². The van der Waals surface area contributed by atoms with Crippen LogP contribution in [0.25, 0.3) is 10.8 Å². The van der Waals surface area contributed by atoms with Crippen LogP contribution in [-0.2, 0) is 0 Å². The van der Waals surface area contributed by atoms with Gasteiger partial charge in [0.1, 0.15) is 0 Å². The van der Waals surface area contributed by atoms with Crippen LogP contribution in [0.4, 0.5) is 0 Å². The fraction of sp³-hybridized carbons (Fsp3) is 0.312. The molecule has 0 bridgehead atoms. The zero-order valence-corrected chi connectivity index (χ0v) is 12.6. The van der Waals surface area contributed by atoms with Crippen LogP contribution in [0.1, 0.15) is 18.9 Å². The van der Waals surface area contributed by atoms with E-state index in [0.29, 0.717) is 0 Å². The number of fused-ring (bicyclic) bond motifs is 1. The van der Waals surface area contributed by atoms with Gasteiger partial charge in [-0.2, -0.15) is 0 Å². The summed E-state index contributed by atoms with van der Waals surface area (Å²) < 4.78 is 0. The van der Waals surface area contributed by atoms with Gasteiger partial charge in [-0.3, -0.25) is 0 Å². The predicted octanol–water partition coefficient (Wildman–Crippen LogP) is 2.53. The molecule has 0 aliphatic rings. The normalized spacial score (nSPS) is 8.16. The lowest BCUT2D eigenvalue weighted by Gasteiger charge is -2.03. The summed E-state index contributed by atoms with van der Waals surface area (Å²) >= 11 is 0. The van der Waals surface area contributed by atoms with Crippen molar-refractivity contribution in [2.45, 2.75) is 13.3 Å². The molecular formula is C16H28N3. The number of nitrogens with two attached hydrogens (primary N) is 3. The van der Waals surface area contributed by atoms with E-state index < -0.39 is 0 Å². The highest BCUT2D eigenvalue weighted by molar-refractivity contribution is 5.86. The van der Waals surface area contributed by atoms with E-state index >= 15 is 0 Å². The SMILES string of the molecule is CC[CH]c1cccc2ccccc12.CN.CN.CN. The zero-order chi connectivity index (χ0) is 15.1. The average Bonchev–Trinajstić information content (AvgIpc) is 2.54. The van der Waals surface area contributed by atoms with Crippen molar-refractivity contribution < 1.29 is 0 Å². The van der Waals surface area contributed by atoms with Crippen LogP contribution in [0, 0.1) is 6.42 Å². The van der Waals surface area contributed by atoms with Gasteiger partial charge in [0.2, 0.25) is 0 Å². The molecule has 0 saturated heterocycles. The first-order chi connectivity index (χ1) is 9.42. The fourth-order valence-corrected chi connectivity index (χ4v) is 1.65. The minimum absolute atomic E-state index is 1.09. The van der Waals surface area contributed by atoms with Gasteiger partial charge >= 0.3 is 0 Å². The van der Waals surface area contributed by atoms with Crippen molar-refractivity contribution in [3.8, 4) is 0 Å². The molecule has 3 heteroatoms. The Labute approximate surface area is 117 Å². The fourth-order valence-electron chi connectivity index (χ4n) is 1.65. The molecule has 0 spiro atoms. The third-order valence-electron chi connectivity index (χ3n) is 2.25. The van der Waals surface area contributed by atoms with Gasteiger partial charge in [0.05, 0.1) is 0 Å². The monoisotopic (exact) mass is 262 g/mol. The molecule has 6 N–H and O–H groups in total. The maximum absolute atomic E-state index is 4.50. The standard InChI is InChI=1S/C13H13.3CH5N/c1-2-6-11-8-5-9-12-7-3-4-10-13(11)12;3*1-2/h3-10H,2H2,1H3;3*2H2,1H3. The van der Waals surface area contributed by atoms with E-state index in [-0.39, 0.29) is 0 Å². The van der Waals surface area contributed by atoms with Crippen molar-refractivity contribution in [2.24, 2.45) is 17.2 Å². The van der Waals surface area contributed by atoms with E-state index in [4.69, 9.17) is 0 Å². The molecule has 3 nitrogen and oxygen atoms in total. The van der Waals surface area contributed by atoms with E-state index in [0.717, 1.165) is 6.42 Å². The molecule has 2 aromatic carbocycles. The van der Waals surface area contributed by atoms with Crippen LogP contribution < -0.4 is 17.2 Å². The van der Waals surface area contributed by atoms with Crippen molar-refractivity contribution in [1.82, 2.24) is 0 Å². The van der Waals surface area contributed by atoms with Crippen molar-refractivity contribution in [3.05, 3.63) is 54.4 Å². The van der Waals surface area contributed by atoms with Crippen LogP contribution >= 0.6 is 0 Å². The van der Waals surface area contributed by atoms with Crippen molar-refractivity contribution in [2.75, 3.05) is 21.1 Å². The molecule has 0 amide bonds. The van der Waals surface area contributed by atoms with E-state index in [1.54, 1.807) is 0 Å². The maximum atomic E-state index is 4.50. The number of benzene rings is 2. The molecule has 107 valence electrons. The van der Waals surface area contributed by atoms with Gasteiger partial charge in [0.15, 0.2) is 0 Å². The Morgan fingerprint density at radius 2 is 1.32 bits per heavy atom. The largest absolute Gasteiger partial charge is 0.333 e. The molecule has 0 unspecified atom stereocenters. The molecule has 0 aliphatic heterocycles. The van der Waals surface area contributed by atoms with Gasteiger partial charge in [0.25, 0.3) is 0 Å². The Morgan fingerprint density at radius 3 is 1.89 bits per heavy atom. The van der Waals surface area contributed by atoms with Crippen LogP contribution in [0.15, 0.2) is 42.5 Å². The van der Waals surface area contributed by atoms with Gasteiger partial charge in [-0.25, -0.2) is 0 Å². The second-order valence-corrected chi connectivity index (χ2v) is 3.18. The molecule has 0 fully saturated rings. The molecule has 2 aromatic rings. The Bertz CT molecular complexity index is 408. The van der Waals surface area contributed by atoms with Gasteiger partial charge in [-0.15, -0.1) is 0 Å². The number of rotatable bonds is 2. The number of hydrogen-bond donors (Lipinski definition) is 3. The van der Waals surface area contributed by atoms with Crippen molar-refractivity contribution >= 4 is 10.8 Å². The first-order valence-electron chi connectivity index (χ1n) is 6.46. The lowest BCUT2D eigenvalue weighted by Crippen LogP contribution is -1.82.